The van der Waals surface area contributed by atoms with Crippen molar-refractivity contribution >= 4 is 18.5 Å². The number of hydrogen-bond donors (Lipinski definition) is 3. The van der Waals surface area contributed by atoms with Crippen LogP contribution in [0.5, 0.6) is 0 Å². The van der Waals surface area contributed by atoms with Crippen molar-refractivity contribution in [2.45, 2.75) is 237 Å². The Morgan fingerprint density at radius 3 is 0.881 bits per heavy atom. The summed E-state index contributed by atoms with van der Waals surface area (Å²) < 4.78 is 0. The van der Waals surface area contributed by atoms with E-state index in [4.69, 9.17) is 5.21 Å². The Kier molecular flexibility index (Phi) is 36.8. The van der Waals surface area contributed by atoms with Gasteiger partial charge in [0.1, 0.15) is 0 Å². The quantitative estimate of drug-likeness (QED) is 0.0286. The van der Waals surface area contributed by atoms with Gasteiger partial charge < -0.3 is 0 Å². The van der Waals surface area contributed by atoms with E-state index >= 15 is 0 Å². The number of rotatable bonds is 36. The molecule has 252 valence electrons. The lowest BCUT2D eigenvalue weighted by molar-refractivity contribution is -0.129. The van der Waals surface area contributed by atoms with Crippen LogP contribution in [0.1, 0.15) is 232 Å². The second-order valence-corrected chi connectivity index (χ2v) is 14.2. The summed E-state index contributed by atoms with van der Waals surface area (Å²) in [6.45, 7) is 2.30. The van der Waals surface area contributed by atoms with Crippen LogP contribution in [0.4, 0.5) is 0 Å². The van der Waals surface area contributed by atoms with E-state index in [2.05, 4.69) is 19.6 Å². The van der Waals surface area contributed by atoms with E-state index < -0.39 is 0 Å². The zero-order valence-corrected chi connectivity index (χ0v) is 29.5. The first-order chi connectivity index (χ1) is 20.7. The Labute approximate surface area is 270 Å². The number of unbranched alkanes of at least 4 members (excludes halogenated alkanes) is 32. The van der Waals surface area contributed by atoms with E-state index in [0.29, 0.717) is 6.42 Å². The number of carbonyl (C=O) groups excluding carboxylic acids is 1. The molecule has 2 N–H and O–H groups in total. The Hall–Kier alpha value is -0.220. The van der Waals surface area contributed by atoms with Gasteiger partial charge >= 0.3 is 0 Å². The van der Waals surface area contributed by atoms with Crippen molar-refractivity contribution in [2.24, 2.45) is 0 Å². The molecule has 1 unspecified atom stereocenters. The summed E-state index contributed by atoms with van der Waals surface area (Å²) in [4.78, 5) is 11.1. The van der Waals surface area contributed by atoms with Gasteiger partial charge in [-0.15, -0.1) is 0 Å². The molecule has 0 aliphatic heterocycles. The number of nitrogens with one attached hydrogen (secondary N) is 1. The van der Waals surface area contributed by atoms with Crippen LogP contribution >= 0.6 is 12.6 Å². The fourth-order valence-corrected chi connectivity index (χ4v) is 6.64. The van der Waals surface area contributed by atoms with E-state index in [1.54, 1.807) is 5.48 Å². The minimum Gasteiger partial charge on any atom is -0.289 e. The van der Waals surface area contributed by atoms with Gasteiger partial charge in [-0.05, 0) is 6.42 Å². The summed E-state index contributed by atoms with van der Waals surface area (Å²) in [7, 11) is 0. The molecule has 1 amide bonds. The van der Waals surface area contributed by atoms with E-state index in [1.165, 1.54) is 205 Å². The SMILES string of the molecule is CCCCCCCCCCCCCCCCCCCCCCCCCCCCCCCCCCCC(S)CC(=O)NO. The molecule has 0 spiro atoms. The molecule has 0 saturated carbocycles. The third-order valence-corrected chi connectivity index (χ3v) is 9.63. The summed E-state index contributed by atoms with van der Waals surface area (Å²) in [6.07, 6.45) is 48.5. The maximum absolute atomic E-state index is 11.1. The van der Waals surface area contributed by atoms with Crippen molar-refractivity contribution < 1.29 is 10.0 Å². The maximum Gasteiger partial charge on any atom is 0.244 e. The minimum atomic E-state index is -0.332. The van der Waals surface area contributed by atoms with Crippen LogP contribution in [-0.4, -0.2) is 16.4 Å². The Morgan fingerprint density at radius 1 is 0.452 bits per heavy atom. The van der Waals surface area contributed by atoms with Gasteiger partial charge in [0.2, 0.25) is 5.91 Å². The minimum absolute atomic E-state index is 0.0653. The molecule has 0 aromatic rings. The highest BCUT2D eigenvalue weighted by molar-refractivity contribution is 7.81. The maximum atomic E-state index is 11.1. The first kappa shape index (κ1) is 41.8. The molecule has 0 rings (SSSR count). The molecular weight excluding hydrogens is 534 g/mol. The standard InChI is InChI=1S/C38H77NO2S/c1-2-3-4-5-6-7-8-9-10-11-12-13-14-15-16-17-18-19-20-21-22-23-24-25-26-27-28-29-30-31-32-33-34-35-37(42)36-38(40)39-41/h37,41-42H,2-36H2,1H3,(H,39,40). The lowest BCUT2D eigenvalue weighted by Gasteiger charge is -2.08. The van der Waals surface area contributed by atoms with E-state index in [0.717, 1.165) is 12.8 Å². The fourth-order valence-electron chi connectivity index (χ4n) is 6.29. The first-order valence-electron chi connectivity index (χ1n) is 19.3. The van der Waals surface area contributed by atoms with Gasteiger partial charge in [-0.1, -0.05) is 219 Å². The second kappa shape index (κ2) is 37.0. The van der Waals surface area contributed by atoms with Gasteiger partial charge in [-0.3, -0.25) is 10.0 Å². The van der Waals surface area contributed by atoms with Gasteiger partial charge in [-0.25, -0.2) is 5.48 Å². The summed E-state index contributed by atoms with van der Waals surface area (Å²) in [5.74, 6) is -0.332. The highest BCUT2D eigenvalue weighted by atomic mass is 32.1. The molecule has 0 saturated heterocycles. The number of hydroxylamine groups is 1. The molecule has 0 radical (unpaired) electrons. The lowest BCUT2D eigenvalue weighted by atomic mass is 10.0. The van der Waals surface area contributed by atoms with Crippen LogP contribution in [0.25, 0.3) is 0 Å². The molecule has 0 bridgehead atoms. The highest BCUT2D eigenvalue weighted by Gasteiger charge is 2.08. The number of thiol groups is 1. The van der Waals surface area contributed by atoms with Gasteiger partial charge in [0, 0.05) is 11.7 Å². The number of hydrogen-bond acceptors (Lipinski definition) is 3. The smallest absolute Gasteiger partial charge is 0.244 e. The fraction of sp³-hybridized carbons (Fsp3) is 0.974. The average molecular weight is 612 g/mol. The van der Waals surface area contributed by atoms with Crippen LogP contribution in [-0.2, 0) is 4.79 Å². The van der Waals surface area contributed by atoms with Crippen molar-refractivity contribution in [1.29, 1.82) is 0 Å². The molecule has 0 aromatic carbocycles. The summed E-state index contributed by atoms with van der Waals surface area (Å²) in [5.41, 5.74) is 1.68. The van der Waals surface area contributed by atoms with Gasteiger partial charge in [0.25, 0.3) is 0 Å². The molecule has 0 aromatic heterocycles. The molecule has 0 aliphatic carbocycles. The van der Waals surface area contributed by atoms with E-state index in [9.17, 15) is 4.79 Å². The monoisotopic (exact) mass is 612 g/mol. The van der Waals surface area contributed by atoms with Gasteiger partial charge in [0.05, 0.1) is 0 Å². The molecule has 0 aliphatic rings. The van der Waals surface area contributed by atoms with Gasteiger partial charge in [0.15, 0.2) is 0 Å². The van der Waals surface area contributed by atoms with Crippen LogP contribution in [0.15, 0.2) is 0 Å². The van der Waals surface area contributed by atoms with Crippen molar-refractivity contribution in [1.82, 2.24) is 5.48 Å². The Morgan fingerprint density at radius 2 is 0.667 bits per heavy atom. The lowest BCUT2D eigenvalue weighted by Crippen LogP contribution is -2.22. The van der Waals surface area contributed by atoms with Crippen molar-refractivity contribution in [2.75, 3.05) is 0 Å². The third kappa shape index (κ3) is 36.0. The number of carbonyl (C=O) groups is 1. The normalized spacial score (nSPS) is 12.2. The molecule has 0 heterocycles. The topological polar surface area (TPSA) is 49.3 Å². The zero-order valence-electron chi connectivity index (χ0n) is 28.6. The number of amides is 1. The highest BCUT2D eigenvalue weighted by Crippen LogP contribution is 2.18. The Bertz CT molecular complexity index is 515. The second-order valence-electron chi connectivity index (χ2n) is 13.5. The van der Waals surface area contributed by atoms with Crippen molar-refractivity contribution in [3.63, 3.8) is 0 Å². The van der Waals surface area contributed by atoms with Crippen LogP contribution in [0.2, 0.25) is 0 Å². The first-order valence-corrected chi connectivity index (χ1v) is 19.8. The molecule has 42 heavy (non-hydrogen) atoms. The van der Waals surface area contributed by atoms with Gasteiger partial charge in [-0.2, -0.15) is 12.6 Å². The summed E-state index contributed by atoms with van der Waals surface area (Å²) in [6, 6.07) is 0. The Balaban J connectivity index is 3.08. The van der Waals surface area contributed by atoms with Crippen LogP contribution < -0.4 is 5.48 Å². The van der Waals surface area contributed by atoms with Crippen LogP contribution in [0.3, 0.4) is 0 Å². The van der Waals surface area contributed by atoms with E-state index in [-0.39, 0.29) is 11.2 Å². The summed E-state index contributed by atoms with van der Waals surface area (Å²) in [5, 5.41) is 8.61. The van der Waals surface area contributed by atoms with Crippen molar-refractivity contribution in [3.05, 3.63) is 0 Å². The largest absolute Gasteiger partial charge is 0.289 e. The zero-order chi connectivity index (χ0) is 30.6. The third-order valence-electron chi connectivity index (χ3n) is 9.19. The predicted octanol–water partition coefficient (Wildman–Crippen LogP) is 13.5. The molecule has 3 nitrogen and oxygen atoms in total. The predicted molar refractivity (Wildman–Crippen MR) is 190 cm³/mol. The molecule has 1 atom stereocenters. The molecular formula is C38H77NO2S. The van der Waals surface area contributed by atoms with Crippen LogP contribution in [0, 0.1) is 0 Å². The summed E-state index contributed by atoms with van der Waals surface area (Å²) >= 11 is 4.42. The van der Waals surface area contributed by atoms with E-state index in [1.807, 2.05) is 0 Å². The molecule has 4 heteroatoms. The van der Waals surface area contributed by atoms with Crippen molar-refractivity contribution in [3.8, 4) is 0 Å². The molecule has 0 fully saturated rings. The average Bonchev–Trinajstić information content (AvgIpc) is 2.99.